The van der Waals surface area contributed by atoms with Crippen molar-refractivity contribution in [2.75, 3.05) is 20.3 Å². The van der Waals surface area contributed by atoms with Crippen LogP contribution in [0.15, 0.2) is 18.2 Å². The number of phenolic OH excluding ortho intramolecular Hbond substituents is 1. The smallest absolute Gasteiger partial charge is 0.337 e. The molecule has 0 aliphatic rings. The molecule has 0 aliphatic heterocycles. The number of methoxy groups -OCH3 is 1. The highest BCUT2D eigenvalue weighted by molar-refractivity contribution is 5.74. The highest BCUT2D eigenvalue weighted by atomic mass is 16.5. The van der Waals surface area contributed by atoms with Crippen LogP contribution < -0.4 is 4.74 Å². The van der Waals surface area contributed by atoms with Crippen molar-refractivity contribution in [3.05, 3.63) is 23.8 Å². The minimum absolute atomic E-state index is 0.0692. The van der Waals surface area contributed by atoms with Gasteiger partial charge in [0.15, 0.2) is 17.6 Å². The first-order valence-corrected chi connectivity index (χ1v) is 5.42. The Balaban J connectivity index is 2.85. The minimum Gasteiger partial charge on any atom is -0.504 e. The van der Waals surface area contributed by atoms with E-state index < -0.39 is 12.1 Å². The van der Waals surface area contributed by atoms with Crippen LogP contribution >= 0.6 is 0 Å². The molecule has 1 aromatic carbocycles. The molecule has 0 aliphatic carbocycles. The van der Waals surface area contributed by atoms with Crippen LogP contribution in [0, 0.1) is 0 Å². The number of carboxylic acid groups (broad SMARTS) is 1. The number of ether oxygens (including phenoxy) is 2. The molecular formula is C12H16O6. The zero-order valence-electron chi connectivity index (χ0n) is 10.00. The average Bonchev–Trinajstić information content (AvgIpc) is 2.34. The molecule has 0 amide bonds. The molecule has 1 rings (SSSR count). The molecule has 0 spiro atoms. The van der Waals surface area contributed by atoms with Gasteiger partial charge in [0.2, 0.25) is 0 Å². The first-order valence-electron chi connectivity index (χ1n) is 5.42. The fourth-order valence-electron chi connectivity index (χ4n) is 1.45. The van der Waals surface area contributed by atoms with Crippen LogP contribution in [-0.2, 0) is 9.53 Å². The Bertz CT molecular complexity index is 404. The first-order chi connectivity index (χ1) is 8.60. The SMILES string of the molecule is COc1ccc(C(OCCCO)C(=O)O)cc1O. The van der Waals surface area contributed by atoms with E-state index in [4.69, 9.17) is 19.7 Å². The Kier molecular flexibility index (Phi) is 5.41. The summed E-state index contributed by atoms with van der Waals surface area (Å²) < 4.78 is 10.0. The number of hydrogen-bond acceptors (Lipinski definition) is 5. The molecule has 100 valence electrons. The van der Waals surface area contributed by atoms with Gasteiger partial charge in [-0.2, -0.15) is 0 Å². The number of carboxylic acids is 1. The molecule has 6 heteroatoms. The van der Waals surface area contributed by atoms with Crippen molar-refractivity contribution in [2.45, 2.75) is 12.5 Å². The lowest BCUT2D eigenvalue weighted by atomic mass is 10.1. The van der Waals surface area contributed by atoms with Gasteiger partial charge < -0.3 is 24.8 Å². The number of aliphatic carboxylic acids is 1. The van der Waals surface area contributed by atoms with Crippen LogP contribution in [0.1, 0.15) is 18.1 Å². The quantitative estimate of drug-likeness (QED) is 0.628. The molecule has 0 fully saturated rings. The average molecular weight is 256 g/mol. The molecule has 0 saturated heterocycles. The Morgan fingerprint density at radius 2 is 2.17 bits per heavy atom. The summed E-state index contributed by atoms with van der Waals surface area (Å²) in [5.74, 6) is -1.04. The second-order valence-electron chi connectivity index (χ2n) is 3.60. The van der Waals surface area contributed by atoms with Gasteiger partial charge >= 0.3 is 5.97 Å². The van der Waals surface area contributed by atoms with Crippen molar-refractivity contribution >= 4 is 5.97 Å². The van der Waals surface area contributed by atoms with Gasteiger partial charge in [0.1, 0.15) is 0 Å². The normalized spacial score (nSPS) is 12.1. The maximum Gasteiger partial charge on any atom is 0.337 e. The second kappa shape index (κ2) is 6.83. The third-order valence-electron chi connectivity index (χ3n) is 2.32. The number of aromatic hydroxyl groups is 1. The molecule has 0 aromatic heterocycles. The van der Waals surface area contributed by atoms with Crippen LogP contribution in [0.3, 0.4) is 0 Å². The van der Waals surface area contributed by atoms with Crippen molar-refractivity contribution in [2.24, 2.45) is 0 Å². The third-order valence-corrected chi connectivity index (χ3v) is 2.32. The highest BCUT2D eigenvalue weighted by Crippen LogP contribution is 2.30. The third kappa shape index (κ3) is 3.61. The van der Waals surface area contributed by atoms with Crippen LogP contribution in [0.2, 0.25) is 0 Å². The fourth-order valence-corrected chi connectivity index (χ4v) is 1.45. The number of aliphatic hydroxyl groups excluding tert-OH is 1. The molecule has 6 nitrogen and oxygen atoms in total. The van der Waals surface area contributed by atoms with Crippen LogP contribution in [0.25, 0.3) is 0 Å². The summed E-state index contributed by atoms with van der Waals surface area (Å²) in [6, 6.07) is 4.27. The minimum atomic E-state index is -1.17. The van der Waals surface area contributed by atoms with E-state index in [1.165, 1.54) is 25.3 Å². The predicted octanol–water partition coefficient (Wildman–Crippen LogP) is 0.925. The van der Waals surface area contributed by atoms with E-state index in [1.807, 2.05) is 0 Å². The highest BCUT2D eigenvalue weighted by Gasteiger charge is 2.21. The summed E-state index contributed by atoms with van der Waals surface area (Å²) in [4.78, 5) is 11.1. The second-order valence-corrected chi connectivity index (χ2v) is 3.60. The molecule has 18 heavy (non-hydrogen) atoms. The summed E-state index contributed by atoms with van der Waals surface area (Å²) in [6.07, 6.45) is -0.820. The molecule has 1 atom stereocenters. The Hall–Kier alpha value is -1.79. The molecule has 0 radical (unpaired) electrons. The summed E-state index contributed by atoms with van der Waals surface area (Å²) in [7, 11) is 1.40. The van der Waals surface area contributed by atoms with Gasteiger partial charge in [-0.1, -0.05) is 6.07 Å². The number of phenols is 1. The maximum absolute atomic E-state index is 11.1. The van der Waals surface area contributed by atoms with Gasteiger partial charge in [-0.3, -0.25) is 0 Å². The number of rotatable bonds is 7. The number of carbonyl (C=O) groups is 1. The van der Waals surface area contributed by atoms with Gasteiger partial charge in [0.05, 0.1) is 13.7 Å². The molecular weight excluding hydrogens is 240 g/mol. The van der Waals surface area contributed by atoms with E-state index in [0.29, 0.717) is 12.0 Å². The number of hydrogen-bond donors (Lipinski definition) is 3. The lowest BCUT2D eigenvalue weighted by Crippen LogP contribution is -2.16. The summed E-state index contributed by atoms with van der Waals surface area (Å²) in [5, 5.41) is 27.2. The van der Waals surface area contributed by atoms with Gasteiger partial charge in [-0.15, -0.1) is 0 Å². The van der Waals surface area contributed by atoms with Gasteiger partial charge in [-0.05, 0) is 24.1 Å². The maximum atomic E-state index is 11.1. The Labute approximate surface area is 104 Å². The predicted molar refractivity (Wildman–Crippen MR) is 62.7 cm³/mol. The van der Waals surface area contributed by atoms with Gasteiger partial charge in [-0.25, -0.2) is 4.79 Å². The molecule has 0 heterocycles. The summed E-state index contributed by atoms with van der Waals surface area (Å²) in [6.45, 7) is 0.0560. The van der Waals surface area contributed by atoms with E-state index in [0.717, 1.165) is 0 Å². The fraction of sp³-hybridized carbons (Fsp3) is 0.417. The van der Waals surface area contributed by atoms with Crippen molar-refractivity contribution in [1.82, 2.24) is 0 Å². The van der Waals surface area contributed by atoms with Crippen molar-refractivity contribution < 1.29 is 29.6 Å². The molecule has 1 aromatic rings. The Morgan fingerprint density at radius 1 is 1.44 bits per heavy atom. The largest absolute Gasteiger partial charge is 0.504 e. The number of benzene rings is 1. The van der Waals surface area contributed by atoms with E-state index in [9.17, 15) is 9.90 Å². The topological polar surface area (TPSA) is 96.2 Å². The van der Waals surface area contributed by atoms with Crippen LogP contribution in [-0.4, -0.2) is 41.6 Å². The van der Waals surface area contributed by atoms with Gasteiger partial charge in [0, 0.05) is 6.61 Å². The van der Waals surface area contributed by atoms with Crippen LogP contribution in [0.5, 0.6) is 11.5 Å². The summed E-state index contributed by atoms with van der Waals surface area (Å²) in [5.41, 5.74) is 0.318. The summed E-state index contributed by atoms with van der Waals surface area (Å²) >= 11 is 0. The Morgan fingerprint density at radius 3 is 2.67 bits per heavy atom. The van der Waals surface area contributed by atoms with E-state index in [1.54, 1.807) is 0 Å². The zero-order chi connectivity index (χ0) is 13.5. The van der Waals surface area contributed by atoms with Crippen LogP contribution in [0.4, 0.5) is 0 Å². The molecule has 3 N–H and O–H groups in total. The molecule has 0 bridgehead atoms. The van der Waals surface area contributed by atoms with Crippen molar-refractivity contribution in [1.29, 1.82) is 0 Å². The first kappa shape index (κ1) is 14.3. The zero-order valence-corrected chi connectivity index (χ0v) is 10.00. The number of aliphatic hydroxyl groups is 1. The van der Waals surface area contributed by atoms with Crippen molar-refractivity contribution in [3.63, 3.8) is 0 Å². The van der Waals surface area contributed by atoms with E-state index in [2.05, 4.69) is 0 Å². The lowest BCUT2D eigenvalue weighted by molar-refractivity contribution is -0.151. The lowest BCUT2D eigenvalue weighted by Gasteiger charge is -2.14. The van der Waals surface area contributed by atoms with Crippen molar-refractivity contribution in [3.8, 4) is 11.5 Å². The molecule has 1 unspecified atom stereocenters. The van der Waals surface area contributed by atoms with E-state index in [-0.39, 0.29) is 24.7 Å². The van der Waals surface area contributed by atoms with Gasteiger partial charge in [0.25, 0.3) is 0 Å². The standard InChI is InChI=1S/C12H16O6/c1-17-10-4-3-8(7-9(10)14)11(12(15)16)18-6-2-5-13/h3-4,7,11,13-14H,2,5-6H2,1H3,(H,15,16). The molecule has 0 saturated carbocycles. The monoisotopic (exact) mass is 256 g/mol. The van der Waals surface area contributed by atoms with E-state index >= 15 is 0 Å².